The molecular weight excluding hydrogens is 472 g/mol. The van der Waals surface area contributed by atoms with E-state index in [1.54, 1.807) is 28.8 Å². The summed E-state index contributed by atoms with van der Waals surface area (Å²) in [5.74, 6) is 2.07. The average Bonchev–Trinajstić information content (AvgIpc) is 3.51. The van der Waals surface area contributed by atoms with E-state index in [1.165, 1.54) is 32.5 Å². The third kappa shape index (κ3) is 4.96. The number of ether oxygens (including phenoxy) is 3. The fraction of sp³-hybridized carbons (Fsp3) is 0.381. The number of nitrogens with zero attached hydrogens (tertiary/aromatic N) is 9. The van der Waals surface area contributed by atoms with Crippen molar-refractivity contribution in [2.24, 2.45) is 7.05 Å². The minimum Gasteiger partial charge on any atom is -0.480 e. The highest BCUT2D eigenvalue weighted by molar-refractivity contribution is 8.01. The second-order valence-corrected chi connectivity index (χ2v) is 8.68. The molecule has 35 heavy (non-hydrogen) atoms. The molecular formula is C21H26N10O3S. The van der Waals surface area contributed by atoms with Gasteiger partial charge in [0.15, 0.2) is 11.5 Å². The molecule has 0 aliphatic carbocycles. The smallest absolute Gasteiger partial charge is 0.245 e. The Bertz CT molecular complexity index is 1250. The van der Waals surface area contributed by atoms with E-state index in [1.807, 2.05) is 19.3 Å². The molecule has 0 spiro atoms. The van der Waals surface area contributed by atoms with E-state index >= 15 is 0 Å². The maximum absolute atomic E-state index is 5.51. The van der Waals surface area contributed by atoms with E-state index in [0.717, 1.165) is 5.69 Å². The molecule has 0 aromatic carbocycles. The first kappa shape index (κ1) is 24.2. The summed E-state index contributed by atoms with van der Waals surface area (Å²) in [5.41, 5.74) is 1.91. The average molecular weight is 499 g/mol. The summed E-state index contributed by atoms with van der Waals surface area (Å²) in [5, 5.41) is 13.3. The molecule has 184 valence electrons. The minimum atomic E-state index is 0.0849. The molecule has 0 aliphatic heterocycles. The van der Waals surface area contributed by atoms with Crippen LogP contribution in [-0.4, -0.2) is 71.1 Å². The van der Waals surface area contributed by atoms with Crippen LogP contribution < -0.4 is 18.9 Å². The van der Waals surface area contributed by atoms with Crippen LogP contribution in [0.25, 0.3) is 17.2 Å². The maximum Gasteiger partial charge on any atom is 0.245 e. The van der Waals surface area contributed by atoms with E-state index < -0.39 is 0 Å². The molecule has 0 saturated carbocycles. The van der Waals surface area contributed by atoms with Crippen LogP contribution in [0.2, 0.25) is 0 Å². The zero-order chi connectivity index (χ0) is 24.9. The summed E-state index contributed by atoms with van der Waals surface area (Å²) in [4.78, 5) is 17.2. The molecule has 14 heteroatoms. The van der Waals surface area contributed by atoms with Crippen LogP contribution >= 0.6 is 11.9 Å². The molecule has 2 unspecified atom stereocenters. The number of hydrogen-bond donors (Lipinski definition) is 1. The van der Waals surface area contributed by atoms with Crippen molar-refractivity contribution in [1.82, 2.24) is 44.5 Å². The first-order valence-electron chi connectivity index (χ1n) is 10.6. The molecule has 13 nitrogen and oxygen atoms in total. The highest BCUT2D eigenvalue weighted by atomic mass is 32.2. The number of aromatic nitrogens is 9. The van der Waals surface area contributed by atoms with E-state index in [0.29, 0.717) is 40.8 Å². The standard InChI is InChI=1S/C21H26N10O3S/c1-12(15-9-23-16(32-4)10-22-15)13(2)35-29-21-27-26-18(14-7-8-30(3)28-14)31(21)17-19(33-5)24-11-25-20(17)34-6/h7-13H,1-6H3,(H,27,29). The van der Waals surface area contributed by atoms with E-state index in [4.69, 9.17) is 14.2 Å². The Hall–Kier alpha value is -3.94. The van der Waals surface area contributed by atoms with Gasteiger partial charge in [0.1, 0.15) is 12.0 Å². The highest BCUT2D eigenvalue weighted by Crippen LogP contribution is 2.36. The van der Waals surface area contributed by atoms with Crippen molar-refractivity contribution in [2.45, 2.75) is 25.0 Å². The Morgan fingerprint density at radius 3 is 2.26 bits per heavy atom. The number of methoxy groups -OCH3 is 3. The molecule has 0 aliphatic rings. The zero-order valence-electron chi connectivity index (χ0n) is 20.2. The van der Waals surface area contributed by atoms with Crippen LogP contribution in [0.3, 0.4) is 0 Å². The van der Waals surface area contributed by atoms with Crippen molar-refractivity contribution < 1.29 is 14.2 Å². The zero-order valence-corrected chi connectivity index (χ0v) is 21.0. The molecule has 0 radical (unpaired) electrons. The lowest BCUT2D eigenvalue weighted by molar-refractivity contribution is 0.368. The lowest BCUT2D eigenvalue weighted by Crippen LogP contribution is -2.14. The van der Waals surface area contributed by atoms with E-state index in [2.05, 4.69) is 53.8 Å². The number of nitrogens with one attached hydrogen (secondary N) is 1. The quantitative estimate of drug-likeness (QED) is 0.321. The van der Waals surface area contributed by atoms with Crippen LogP contribution in [0.15, 0.2) is 31.0 Å². The van der Waals surface area contributed by atoms with Crippen molar-refractivity contribution in [3.8, 4) is 34.8 Å². The lowest BCUT2D eigenvalue weighted by atomic mass is 10.1. The predicted octanol–water partition coefficient (Wildman–Crippen LogP) is 2.53. The number of anilines is 1. The van der Waals surface area contributed by atoms with Crippen molar-refractivity contribution in [3.63, 3.8) is 0 Å². The van der Waals surface area contributed by atoms with Crippen LogP contribution in [0.1, 0.15) is 25.5 Å². The summed E-state index contributed by atoms with van der Waals surface area (Å²) in [6, 6.07) is 1.84. The summed E-state index contributed by atoms with van der Waals surface area (Å²) in [7, 11) is 6.44. The second-order valence-electron chi connectivity index (χ2n) is 7.50. The van der Waals surface area contributed by atoms with Gasteiger partial charge in [-0.15, -0.1) is 10.2 Å². The normalized spacial score (nSPS) is 12.7. The third-order valence-electron chi connectivity index (χ3n) is 5.34. The van der Waals surface area contributed by atoms with Gasteiger partial charge in [-0.25, -0.2) is 9.55 Å². The maximum atomic E-state index is 5.51. The second kappa shape index (κ2) is 10.5. The largest absolute Gasteiger partial charge is 0.480 e. The van der Waals surface area contributed by atoms with Crippen LogP contribution in [0, 0.1) is 0 Å². The summed E-state index contributed by atoms with van der Waals surface area (Å²) in [6.45, 7) is 4.17. The Morgan fingerprint density at radius 1 is 0.943 bits per heavy atom. The Morgan fingerprint density at radius 2 is 1.69 bits per heavy atom. The molecule has 0 saturated heterocycles. The lowest BCUT2D eigenvalue weighted by Gasteiger charge is -2.20. The SMILES string of the molecule is COc1cnc(C(C)C(C)SNc2nnc(-c3ccn(C)n3)n2-c2c(OC)ncnc2OC)cn1. The van der Waals surface area contributed by atoms with Crippen LogP contribution in [0.5, 0.6) is 17.6 Å². The van der Waals surface area contributed by atoms with Gasteiger partial charge in [0, 0.05) is 24.4 Å². The van der Waals surface area contributed by atoms with Gasteiger partial charge in [-0.3, -0.25) is 14.4 Å². The van der Waals surface area contributed by atoms with Crippen LogP contribution in [0.4, 0.5) is 5.95 Å². The van der Waals surface area contributed by atoms with E-state index in [9.17, 15) is 0 Å². The van der Waals surface area contributed by atoms with Gasteiger partial charge in [-0.1, -0.05) is 13.8 Å². The molecule has 4 heterocycles. The van der Waals surface area contributed by atoms with Gasteiger partial charge in [0.05, 0.1) is 39.4 Å². The van der Waals surface area contributed by atoms with Crippen molar-refractivity contribution >= 4 is 17.9 Å². The molecule has 1 N–H and O–H groups in total. The molecule has 4 aromatic heterocycles. The molecule has 0 bridgehead atoms. The van der Waals surface area contributed by atoms with Crippen molar-refractivity contribution in [1.29, 1.82) is 0 Å². The highest BCUT2D eigenvalue weighted by Gasteiger charge is 2.26. The van der Waals surface area contributed by atoms with Gasteiger partial charge < -0.3 is 14.2 Å². The minimum absolute atomic E-state index is 0.0849. The molecule has 0 fully saturated rings. The Kier molecular flexibility index (Phi) is 7.29. The fourth-order valence-electron chi connectivity index (χ4n) is 3.25. The summed E-state index contributed by atoms with van der Waals surface area (Å²) >= 11 is 1.47. The molecule has 0 amide bonds. The van der Waals surface area contributed by atoms with Crippen molar-refractivity contribution in [2.75, 3.05) is 26.1 Å². The third-order valence-corrected chi connectivity index (χ3v) is 6.42. The summed E-state index contributed by atoms with van der Waals surface area (Å²) < 4.78 is 22.9. The van der Waals surface area contributed by atoms with E-state index in [-0.39, 0.29) is 11.2 Å². The Labute approximate surface area is 206 Å². The van der Waals surface area contributed by atoms with Gasteiger partial charge in [-0.05, 0) is 18.0 Å². The number of rotatable bonds is 10. The first-order valence-corrected chi connectivity index (χ1v) is 11.5. The first-order chi connectivity index (χ1) is 17.0. The van der Waals surface area contributed by atoms with Gasteiger partial charge in [0.2, 0.25) is 23.6 Å². The predicted molar refractivity (Wildman–Crippen MR) is 130 cm³/mol. The molecule has 2 atom stereocenters. The number of hydrogen-bond acceptors (Lipinski definition) is 12. The monoisotopic (exact) mass is 498 g/mol. The number of aryl methyl sites for hydroxylation is 1. The Balaban J connectivity index is 1.68. The van der Waals surface area contributed by atoms with Crippen molar-refractivity contribution in [3.05, 3.63) is 36.7 Å². The molecule has 4 rings (SSSR count). The van der Waals surface area contributed by atoms with Crippen LogP contribution in [-0.2, 0) is 7.05 Å². The van der Waals surface area contributed by atoms with Gasteiger partial charge >= 0.3 is 0 Å². The topological polar surface area (TPSA) is 140 Å². The fourth-order valence-corrected chi connectivity index (χ4v) is 4.02. The van der Waals surface area contributed by atoms with Gasteiger partial charge in [-0.2, -0.15) is 15.1 Å². The van der Waals surface area contributed by atoms with Gasteiger partial charge in [0.25, 0.3) is 0 Å². The molecule has 4 aromatic rings. The summed E-state index contributed by atoms with van der Waals surface area (Å²) in [6.07, 6.45) is 6.53.